The Morgan fingerprint density at radius 2 is 1.67 bits per heavy atom. The van der Waals surface area contributed by atoms with Crippen molar-refractivity contribution in [2.45, 2.75) is 25.5 Å². The Bertz CT molecular complexity index is 1100. The number of amides is 2. The zero-order valence-electron chi connectivity index (χ0n) is 16.6. The van der Waals surface area contributed by atoms with Crippen LogP contribution in [0, 0.1) is 0 Å². The van der Waals surface area contributed by atoms with Gasteiger partial charge >= 0.3 is 0 Å². The SMILES string of the molecule is CC(C)c1ccc(N2C(=O)C(SCc3ccco3)=C(c3ccc(Cl)cc3)C2=O)cc1. The number of benzene rings is 2. The maximum Gasteiger partial charge on any atom is 0.272 e. The lowest BCUT2D eigenvalue weighted by atomic mass is 10.0. The molecule has 0 saturated carbocycles. The van der Waals surface area contributed by atoms with Crippen LogP contribution >= 0.6 is 23.4 Å². The minimum absolute atomic E-state index is 0.321. The third kappa shape index (κ3) is 3.95. The molecule has 0 spiro atoms. The van der Waals surface area contributed by atoms with E-state index in [-0.39, 0.29) is 11.8 Å². The highest BCUT2D eigenvalue weighted by Gasteiger charge is 2.40. The Labute approximate surface area is 184 Å². The first-order chi connectivity index (χ1) is 14.5. The third-order valence-corrected chi connectivity index (χ3v) is 6.28. The van der Waals surface area contributed by atoms with Gasteiger partial charge in [-0.15, -0.1) is 11.8 Å². The van der Waals surface area contributed by atoms with E-state index in [1.165, 1.54) is 16.7 Å². The summed E-state index contributed by atoms with van der Waals surface area (Å²) in [4.78, 5) is 28.3. The van der Waals surface area contributed by atoms with Crippen LogP contribution in [0.4, 0.5) is 5.69 Å². The van der Waals surface area contributed by atoms with E-state index in [4.69, 9.17) is 16.0 Å². The number of carbonyl (C=O) groups is 2. The predicted octanol–water partition coefficient (Wildman–Crippen LogP) is 6.27. The molecule has 0 N–H and O–H groups in total. The summed E-state index contributed by atoms with van der Waals surface area (Å²) in [5, 5.41) is 0.571. The fourth-order valence-corrected chi connectivity index (χ4v) is 4.44. The summed E-state index contributed by atoms with van der Waals surface area (Å²) in [5.74, 6) is 0.910. The summed E-state index contributed by atoms with van der Waals surface area (Å²) in [6.45, 7) is 4.20. The first kappa shape index (κ1) is 20.5. The Morgan fingerprint density at radius 1 is 0.967 bits per heavy atom. The lowest BCUT2D eigenvalue weighted by Crippen LogP contribution is -2.31. The molecule has 152 valence electrons. The minimum atomic E-state index is -0.332. The molecule has 3 aromatic rings. The molecule has 1 aliphatic heterocycles. The van der Waals surface area contributed by atoms with Gasteiger partial charge in [-0.1, -0.05) is 49.7 Å². The summed E-state index contributed by atoms with van der Waals surface area (Å²) < 4.78 is 5.39. The Morgan fingerprint density at radius 3 is 2.27 bits per heavy atom. The Balaban J connectivity index is 1.71. The monoisotopic (exact) mass is 437 g/mol. The summed E-state index contributed by atoms with van der Waals surface area (Å²) in [7, 11) is 0. The molecular formula is C24H20ClNO3S. The van der Waals surface area contributed by atoms with Crippen molar-refractivity contribution in [2.75, 3.05) is 4.90 Å². The van der Waals surface area contributed by atoms with Crippen LogP contribution in [-0.4, -0.2) is 11.8 Å². The molecule has 6 heteroatoms. The topological polar surface area (TPSA) is 50.5 Å². The molecule has 1 aliphatic rings. The fourth-order valence-electron chi connectivity index (χ4n) is 3.30. The lowest BCUT2D eigenvalue weighted by Gasteiger charge is -2.16. The van der Waals surface area contributed by atoms with Gasteiger partial charge in [0.15, 0.2) is 0 Å². The molecule has 0 radical (unpaired) electrons. The van der Waals surface area contributed by atoms with Gasteiger partial charge in [0.2, 0.25) is 0 Å². The highest BCUT2D eigenvalue weighted by atomic mass is 35.5. The molecule has 2 aromatic carbocycles. The quantitative estimate of drug-likeness (QED) is 0.426. The maximum absolute atomic E-state index is 13.4. The maximum atomic E-state index is 13.4. The van der Waals surface area contributed by atoms with Crippen LogP contribution in [0.5, 0.6) is 0 Å². The van der Waals surface area contributed by atoms with Gasteiger partial charge in [-0.2, -0.15) is 0 Å². The molecule has 0 aliphatic carbocycles. The number of hydrogen-bond donors (Lipinski definition) is 0. The van der Waals surface area contributed by atoms with Crippen molar-refractivity contribution >= 4 is 46.4 Å². The van der Waals surface area contributed by atoms with E-state index in [0.29, 0.717) is 38.4 Å². The van der Waals surface area contributed by atoms with Gasteiger partial charge in [-0.3, -0.25) is 9.59 Å². The van der Waals surface area contributed by atoms with E-state index in [0.717, 1.165) is 11.3 Å². The summed E-state index contributed by atoms with van der Waals surface area (Å²) in [5.41, 5.74) is 2.77. The average Bonchev–Trinajstić information content (AvgIpc) is 3.33. The lowest BCUT2D eigenvalue weighted by molar-refractivity contribution is -0.119. The number of rotatable bonds is 6. The Kier molecular flexibility index (Phi) is 5.84. The van der Waals surface area contributed by atoms with Gasteiger partial charge in [-0.25, -0.2) is 4.90 Å². The number of imide groups is 1. The predicted molar refractivity (Wildman–Crippen MR) is 121 cm³/mol. The van der Waals surface area contributed by atoms with Gasteiger partial charge in [0.25, 0.3) is 11.8 Å². The Hall–Kier alpha value is -2.76. The third-order valence-electron chi connectivity index (χ3n) is 4.93. The number of hydrogen-bond acceptors (Lipinski definition) is 4. The second kappa shape index (κ2) is 8.54. The van der Waals surface area contributed by atoms with E-state index in [9.17, 15) is 9.59 Å². The highest BCUT2D eigenvalue weighted by Crippen LogP contribution is 2.40. The minimum Gasteiger partial charge on any atom is -0.468 e. The van der Waals surface area contributed by atoms with Crippen molar-refractivity contribution in [1.29, 1.82) is 0 Å². The first-order valence-electron chi connectivity index (χ1n) is 9.60. The smallest absolute Gasteiger partial charge is 0.272 e. The molecule has 30 heavy (non-hydrogen) atoms. The van der Waals surface area contributed by atoms with Crippen molar-refractivity contribution in [3.05, 3.63) is 93.7 Å². The van der Waals surface area contributed by atoms with E-state index in [1.807, 2.05) is 30.3 Å². The fraction of sp³-hybridized carbons (Fsp3) is 0.167. The second-order valence-electron chi connectivity index (χ2n) is 7.27. The normalized spacial score (nSPS) is 14.3. The van der Waals surface area contributed by atoms with Gasteiger partial charge in [0, 0.05) is 5.02 Å². The van der Waals surface area contributed by atoms with Crippen molar-refractivity contribution in [3.63, 3.8) is 0 Å². The van der Waals surface area contributed by atoms with E-state index >= 15 is 0 Å². The van der Waals surface area contributed by atoms with Gasteiger partial charge in [0.05, 0.1) is 28.2 Å². The number of carbonyl (C=O) groups excluding carboxylic acids is 2. The molecule has 4 nitrogen and oxygen atoms in total. The number of thioether (sulfide) groups is 1. The molecule has 0 fully saturated rings. The zero-order valence-corrected chi connectivity index (χ0v) is 18.2. The van der Waals surface area contributed by atoms with Crippen LogP contribution in [0.25, 0.3) is 5.57 Å². The molecule has 0 saturated heterocycles. The molecular weight excluding hydrogens is 418 g/mol. The molecule has 0 bridgehead atoms. The van der Waals surface area contributed by atoms with Crippen molar-refractivity contribution in [3.8, 4) is 0 Å². The van der Waals surface area contributed by atoms with Gasteiger partial charge < -0.3 is 4.42 Å². The van der Waals surface area contributed by atoms with E-state index in [1.54, 1.807) is 36.6 Å². The second-order valence-corrected chi connectivity index (χ2v) is 8.69. The zero-order chi connectivity index (χ0) is 21.3. The molecule has 1 aromatic heterocycles. The average molecular weight is 438 g/mol. The van der Waals surface area contributed by atoms with Crippen LogP contribution in [0.2, 0.25) is 5.02 Å². The summed E-state index contributed by atoms with van der Waals surface area (Å²) in [6.07, 6.45) is 1.59. The van der Waals surface area contributed by atoms with E-state index in [2.05, 4.69) is 13.8 Å². The highest BCUT2D eigenvalue weighted by molar-refractivity contribution is 8.03. The van der Waals surface area contributed by atoms with Crippen molar-refractivity contribution < 1.29 is 14.0 Å². The first-order valence-corrected chi connectivity index (χ1v) is 11.0. The van der Waals surface area contributed by atoms with Crippen LogP contribution in [0.15, 0.2) is 76.2 Å². The number of halogens is 1. The number of furan rings is 1. The van der Waals surface area contributed by atoms with Gasteiger partial charge in [-0.05, 0) is 53.4 Å². The van der Waals surface area contributed by atoms with Crippen LogP contribution in [0.1, 0.15) is 36.7 Å². The van der Waals surface area contributed by atoms with Crippen LogP contribution in [0.3, 0.4) is 0 Å². The molecule has 4 rings (SSSR count). The summed E-state index contributed by atoms with van der Waals surface area (Å²) >= 11 is 7.33. The number of anilines is 1. The molecule has 0 unspecified atom stereocenters. The molecule has 2 amide bonds. The molecule has 2 heterocycles. The van der Waals surface area contributed by atoms with Gasteiger partial charge in [0.1, 0.15) is 5.76 Å². The van der Waals surface area contributed by atoms with Crippen molar-refractivity contribution in [1.82, 2.24) is 0 Å². The van der Waals surface area contributed by atoms with E-state index < -0.39 is 0 Å². The van der Waals surface area contributed by atoms with Crippen LogP contribution in [-0.2, 0) is 15.3 Å². The number of nitrogens with zero attached hydrogens (tertiary/aromatic N) is 1. The van der Waals surface area contributed by atoms with Crippen molar-refractivity contribution in [2.24, 2.45) is 0 Å². The van der Waals surface area contributed by atoms with Crippen LogP contribution < -0.4 is 4.90 Å². The summed E-state index contributed by atoms with van der Waals surface area (Å²) in [6, 6.07) is 18.2. The largest absolute Gasteiger partial charge is 0.468 e. The standard InChI is InChI=1S/C24H20ClNO3S/c1-15(2)16-7-11-19(12-8-16)26-23(27)21(17-5-9-18(25)10-6-17)22(24(26)28)30-14-20-4-3-13-29-20/h3-13,15H,14H2,1-2H3. The molecule has 0 atom stereocenters.